The monoisotopic (exact) mass is 273 g/mol. The van der Waals surface area contributed by atoms with Gasteiger partial charge in [0, 0.05) is 38.4 Å². The van der Waals surface area contributed by atoms with Crippen LogP contribution in [0.5, 0.6) is 0 Å². The third-order valence-corrected chi connectivity index (χ3v) is 2.66. The first-order chi connectivity index (χ1) is 6.65. The van der Waals surface area contributed by atoms with Crippen molar-refractivity contribution in [3.63, 3.8) is 0 Å². The quantitative estimate of drug-likeness (QED) is 0.748. The normalized spacial score (nSPS) is 9.73. The van der Waals surface area contributed by atoms with Crippen LogP contribution in [0, 0.1) is 38.3 Å². The third kappa shape index (κ3) is 1.84. The fraction of sp³-hybridized carbons (Fsp3) is 0.273. The number of pyridine rings is 1. The van der Waals surface area contributed by atoms with Crippen LogP contribution in [0.3, 0.4) is 0 Å². The summed E-state index contributed by atoms with van der Waals surface area (Å²) in [4.78, 5) is 7.35. The van der Waals surface area contributed by atoms with Gasteiger partial charge in [0.05, 0.1) is 0 Å². The molecule has 0 aliphatic rings. The first kappa shape index (κ1) is 12.4. The molecule has 2 heterocycles. The van der Waals surface area contributed by atoms with E-state index in [1.54, 1.807) is 0 Å². The van der Waals surface area contributed by atoms with Crippen LogP contribution in [-0.2, 0) is 32.7 Å². The van der Waals surface area contributed by atoms with Crippen LogP contribution in [0.2, 0.25) is 0 Å². The summed E-state index contributed by atoms with van der Waals surface area (Å²) >= 11 is 0. The average Bonchev–Trinajstić information content (AvgIpc) is 2.57. The number of nitriles is 1. The third-order valence-electron chi connectivity index (χ3n) is 2.66. The van der Waals surface area contributed by atoms with Gasteiger partial charge in [-0.1, -0.05) is 11.8 Å². The van der Waals surface area contributed by atoms with E-state index in [1.165, 1.54) is 0 Å². The van der Waals surface area contributed by atoms with Crippen molar-refractivity contribution in [1.82, 2.24) is 9.97 Å². The number of H-pyrrole nitrogens is 1. The first-order valence-corrected chi connectivity index (χ1v) is 4.42. The largest absolute Gasteiger partial charge is 0.444 e. The van der Waals surface area contributed by atoms with Crippen LogP contribution in [0.1, 0.15) is 22.4 Å². The molecule has 0 aliphatic carbocycles. The Morgan fingerprint density at radius 3 is 2.53 bits per heavy atom. The van der Waals surface area contributed by atoms with Crippen molar-refractivity contribution in [2.45, 2.75) is 20.8 Å². The van der Waals surface area contributed by atoms with Crippen molar-refractivity contribution in [3.8, 4) is 6.07 Å². The Bertz CT molecular complexity index is 549. The Labute approximate surface area is 114 Å². The molecule has 0 unspecified atom stereocenters. The van der Waals surface area contributed by atoms with Crippen LogP contribution in [0.4, 0.5) is 0 Å². The molecular weight excluding hydrogens is 263 g/mol. The summed E-state index contributed by atoms with van der Waals surface area (Å²) in [7, 11) is 0. The SMILES string of the molecule is Cc1nc2c(C#N)[c-][nH]c2c(C)c1C.[Y]. The van der Waals surface area contributed by atoms with Crippen molar-refractivity contribution >= 4 is 11.0 Å². The zero-order valence-corrected chi connectivity index (χ0v) is 11.8. The summed E-state index contributed by atoms with van der Waals surface area (Å²) < 4.78 is 0. The van der Waals surface area contributed by atoms with Crippen LogP contribution in [0.15, 0.2) is 0 Å². The maximum absolute atomic E-state index is 8.83. The average molecular weight is 273 g/mol. The molecule has 0 saturated heterocycles. The number of fused-ring (bicyclic) bond motifs is 1. The van der Waals surface area contributed by atoms with E-state index in [9.17, 15) is 0 Å². The molecule has 2 aromatic rings. The van der Waals surface area contributed by atoms with Gasteiger partial charge in [-0.15, -0.1) is 0 Å². The van der Waals surface area contributed by atoms with E-state index in [-0.39, 0.29) is 32.7 Å². The first-order valence-electron chi connectivity index (χ1n) is 4.42. The van der Waals surface area contributed by atoms with E-state index in [1.807, 2.05) is 20.8 Å². The molecule has 15 heavy (non-hydrogen) atoms. The number of rotatable bonds is 0. The summed E-state index contributed by atoms with van der Waals surface area (Å²) in [5.74, 6) is 0. The molecule has 1 radical (unpaired) electrons. The smallest absolute Gasteiger partial charge is 0.0282 e. The molecule has 73 valence electrons. The van der Waals surface area contributed by atoms with E-state index in [2.05, 4.69) is 22.2 Å². The number of aromatic nitrogens is 2. The van der Waals surface area contributed by atoms with Gasteiger partial charge in [0.1, 0.15) is 0 Å². The van der Waals surface area contributed by atoms with Crippen molar-refractivity contribution < 1.29 is 32.7 Å². The predicted molar refractivity (Wildman–Crippen MR) is 53.9 cm³/mol. The van der Waals surface area contributed by atoms with Crippen LogP contribution >= 0.6 is 0 Å². The summed E-state index contributed by atoms with van der Waals surface area (Å²) in [6, 6.07) is 2.07. The summed E-state index contributed by atoms with van der Waals surface area (Å²) in [5.41, 5.74) is 5.42. The molecule has 0 atom stereocenters. The zero-order chi connectivity index (χ0) is 10.3. The second-order valence-corrected chi connectivity index (χ2v) is 3.41. The number of aryl methyl sites for hydroxylation is 2. The Kier molecular flexibility index (Phi) is 3.64. The molecule has 0 amide bonds. The van der Waals surface area contributed by atoms with Crippen molar-refractivity contribution in [2.75, 3.05) is 0 Å². The maximum Gasteiger partial charge on any atom is 0.0282 e. The predicted octanol–water partition coefficient (Wildman–Crippen LogP) is 2.16. The number of nitrogens with one attached hydrogen (secondary N) is 1. The van der Waals surface area contributed by atoms with Gasteiger partial charge in [0.15, 0.2) is 0 Å². The Morgan fingerprint density at radius 2 is 1.93 bits per heavy atom. The van der Waals surface area contributed by atoms with E-state index in [0.717, 1.165) is 27.9 Å². The van der Waals surface area contributed by atoms with Crippen LogP contribution < -0.4 is 0 Å². The van der Waals surface area contributed by atoms with Gasteiger partial charge in [0.25, 0.3) is 0 Å². The fourth-order valence-corrected chi connectivity index (χ4v) is 1.54. The molecule has 3 nitrogen and oxygen atoms in total. The van der Waals surface area contributed by atoms with E-state index in [4.69, 9.17) is 5.26 Å². The summed E-state index contributed by atoms with van der Waals surface area (Å²) in [6.07, 6.45) is 2.81. The number of hydrogen-bond donors (Lipinski definition) is 1. The Balaban J connectivity index is 0.00000112. The Hall–Kier alpha value is -0.716. The number of nitrogens with zero attached hydrogens (tertiary/aromatic N) is 2. The molecule has 2 aromatic heterocycles. The molecule has 0 spiro atoms. The van der Waals surface area contributed by atoms with Gasteiger partial charge in [-0.25, -0.2) is 0 Å². The Morgan fingerprint density at radius 1 is 1.27 bits per heavy atom. The minimum absolute atomic E-state index is 0. The molecule has 4 heteroatoms. The van der Waals surface area contributed by atoms with E-state index in [0.29, 0.717) is 5.56 Å². The minimum Gasteiger partial charge on any atom is -0.444 e. The van der Waals surface area contributed by atoms with E-state index < -0.39 is 0 Å². The number of hydrogen-bond acceptors (Lipinski definition) is 2. The van der Waals surface area contributed by atoms with Gasteiger partial charge in [-0.2, -0.15) is 0 Å². The van der Waals surface area contributed by atoms with Crippen LogP contribution in [-0.4, -0.2) is 9.97 Å². The van der Waals surface area contributed by atoms with Crippen molar-refractivity contribution in [3.05, 3.63) is 28.6 Å². The molecule has 0 aromatic carbocycles. The molecule has 0 fully saturated rings. The standard InChI is InChI=1S/C11H10N3.Y/c1-6-7(2)10-11(14-8(6)3)9(4-12)5-13-10;/h13H,1-3H3;/q-1;. The molecule has 2 rings (SSSR count). The maximum atomic E-state index is 8.83. The van der Waals surface area contributed by atoms with Gasteiger partial charge >= 0.3 is 0 Å². The molecule has 0 aliphatic heterocycles. The zero-order valence-electron chi connectivity index (χ0n) is 8.97. The van der Waals surface area contributed by atoms with Gasteiger partial charge in [-0.3, -0.25) is 5.26 Å². The molecule has 0 bridgehead atoms. The summed E-state index contributed by atoms with van der Waals surface area (Å²) in [6.45, 7) is 6.01. The minimum atomic E-state index is 0. The van der Waals surface area contributed by atoms with E-state index >= 15 is 0 Å². The number of aromatic amines is 1. The molecular formula is C11H10N3Y-. The van der Waals surface area contributed by atoms with Crippen molar-refractivity contribution in [1.29, 1.82) is 5.26 Å². The van der Waals surface area contributed by atoms with Gasteiger partial charge < -0.3 is 9.97 Å². The second-order valence-electron chi connectivity index (χ2n) is 3.41. The fourth-order valence-electron chi connectivity index (χ4n) is 1.54. The molecule has 0 saturated carbocycles. The van der Waals surface area contributed by atoms with Crippen molar-refractivity contribution in [2.24, 2.45) is 0 Å². The molecule has 1 N–H and O–H groups in total. The van der Waals surface area contributed by atoms with Gasteiger partial charge in [-0.05, 0) is 49.0 Å². The van der Waals surface area contributed by atoms with Crippen LogP contribution in [0.25, 0.3) is 11.0 Å². The topological polar surface area (TPSA) is 52.5 Å². The second kappa shape index (κ2) is 4.42. The van der Waals surface area contributed by atoms with Gasteiger partial charge in [0.2, 0.25) is 0 Å². The summed E-state index contributed by atoms with van der Waals surface area (Å²) in [5, 5.41) is 8.83.